The highest BCUT2D eigenvalue weighted by molar-refractivity contribution is 14.1. The summed E-state index contributed by atoms with van der Waals surface area (Å²) in [5.41, 5.74) is 0. The molecule has 0 radical (unpaired) electrons. The minimum absolute atomic E-state index is 0.835. The molecule has 0 aliphatic carbocycles. The molecule has 1 nitrogen and oxygen atoms in total. The zero-order valence-electron chi connectivity index (χ0n) is 7.22. The summed E-state index contributed by atoms with van der Waals surface area (Å²) in [6.45, 7) is 8.52. The molecule has 0 aromatic carbocycles. The van der Waals surface area contributed by atoms with Crippen LogP contribution in [0.5, 0.6) is 0 Å². The van der Waals surface area contributed by atoms with Crippen molar-refractivity contribution in [3.05, 3.63) is 0 Å². The zero-order valence-corrected chi connectivity index (χ0v) is 10.2. The molecule has 1 rings (SSSR count). The van der Waals surface area contributed by atoms with Crippen molar-refractivity contribution in [2.75, 3.05) is 24.1 Å². The van der Waals surface area contributed by atoms with E-state index in [1.165, 1.54) is 24.1 Å². The Morgan fingerprint density at radius 3 is 2.36 bits per heavy atom. The summed E-state index contributed by atoms with van der Waals surface area (Å²) in [5, 5.41) is 1.67. The van der Waals surface area contributed by atoms with E-state index in [0.717, 1.165) is 10.5 Å². The minimum Gasteiger partial charge on any atom is -0.300 e. The van der Waals surface area contributed by atoms with E-state index in [4.69, 9.17) is 0 Å². The maximum absolute atomic E-state index is 2.58. The summed E-state index contributed by atoms with van der Waals surface area (Å²) in [6, 6.07) is 0. The van der Waals surface area contributed by atoms with Crippen molar-refractivity contribution in [2.24, 2.45) is 0 Å². The van der Waals surface area contributed by atoms with Gasteiger partial charge in [0.1, 0.15) is 0 Å². The van der Waals surface area contributed by atoms with Crippen LogP contribution in [0.4, 0.5) is 0 Å². The molecule has 0 spiro atoms. The van der Waals surface area contributed by atoms with Gasteiger partial charge in [-0.2, -0.15) is 11.8 Å². The molecular formula is C8H16INS. The Labute approximate surface area is 87.4 Å². The molecule has 0 aromatic rings. The minimum atomic E-state index is 0.835. The fourth-order valence-electron chi connectivity index (χ4n) is 1.59. The number of hydrogen-bond acceptors (Lipinski definition) is 2. The lowest BCUT2D eigenvalue weighted by Gasteiger charge is -2.34. The van der Waals surface area contributed by atoms with Crippen LogP contribution < -0.4 is 0 Å². The lowest BCUT2D eigenvalue weighted by atomic mass is 10.3. The third-order valence-corrected chi connectivity index (χ3v) is 3.61. The molecule has 66 valence electrons. The van der Waals surface area contributed by atoms with Crippen LogP contribution in [0.2, 0.25) is 0 Å². The molecule has 2 unspecified atom stereocenters. The van der Waals surface area contributed by atoms with E-state index in [9.17, 15) is 0 Å². The number of hydrogen-bond donors (Lipinski definition) is 0. The van der Waals surface area contributed by atoms with E-state index in [1.54, 1.807) is 0 Å². The largest absolute Gasteiger partial charge is 0.300 e. The third kappa shape index (κ3) is 3.51. The average molecular weight is 285 g/mol. The Morgan fingerprint density at radius 2 is 1.91 bits per heavy atom. The van der Waals surface area contributed by atoms with E-state index >= 15 is 0 Å². The molecule has 1 heterocycles. The molecule has 0 aromatic heterocycles. The van der Waals surface area contributed by atoms with Crippen LogP contribution in [-0.2, 0) is 0 Å². The molecule has 1 saturated heterocycles. The van der Waals surface area contributed by atoms with Gasteiger partial charge in [0.05, 0.1) is 0 Å². The van der Waals surface area contributed by atoms with Gasteiger partial charge in [0.2, 0.25) is 0 Å². The summed E-state index contributed by atoms with van der Waals surface area (Å²) in [5.74, 6) is 0. The first-order valence-corrected chi connectivity index (χ1v) is 6.63. The van der Waals surface area contributed by atoms with E-state index in [2.05, 4.69) is 53.1 Å². The van der Waals surface area contributed by atoms with Gasteiger partial charge in [0, 0.05) is 34.6 Å². The SMILES string of the molecule is CC1CN(CCI)CC(C)S1. The van der Waals surface area contributed by atoms with Crippen molar-refractivity contribution < 1.29 is 0 Å². The van der Waals surface area contributed by atoms with E-state index in [-0.39, 0.29) is 0 Å². The van der Waals surface area contributed by atoms with Crippen molar-refractivity contribution in [2.45, 2.75) is 24.3 Å². The van der Waals surface area contributed by atoms with Crippen LogP contribution >= 0.6 is 34.4 Å². The quantitative estimate of drug-likeness (QED) is 0.565. The van der Waals surface area contributed by atoms with Gasteiger partial charge < -0.3 is 4.90 Å². The lowest BCUT2D eigenvalue weighted by molar-refractivity contribution is 0.289. The summed E-state index contributed by atoms with van der Waals surface area (Å²) in [6.07, 6.45) is 0. The fraction of sp³-hybridized carbons (Fsp3) is 1.00. The van der Waals surface area contributed by atoms with Crippen molar-refractivity contribution in [3.63, 3.8) is 0 Å². The van der Waals surface area contributed by atoms with Crippen molar-refractivity contribution in [1.82, 2.24) is 4.90 Å². The van der Waals surface area contributed by atoms with E-state index in [0.29, 0.717) is 0 Å². The summed E-state index contributed by atoms with van der Waals surface area (Å²) in [4.78, 5) is 2.58. The normalized spacial score (nSPS) is 34.1. The highest BCUT2D eigenvalue weighted by Gasteiger charge is 2.20. The second-order valence-electron chi connectivity index (χ2n) is 3.21. The summed E-state index contributed by atoms with van der Waals surface area (Å²) in [7, 11) is 0. The van der Waals surface area contributed by atoms with Crippen LogP contribution in [0.25, 0.3) is 0 Å². The molecule has 1 fully saturated rings. The van der Waals surface area contributed by atoms with Gasteiger partial charge in [-0.05, 0) is 0 Å². The molecule has 2 atom stereocenters. The van der Waals surface area contributed by atoms with Gasteiger partial charge in [0.15, 0.2) is 0 Å². The number of thioether (sulfide) groups is 1. The van der Waals surface area contributed by atoms with E-state index in [1.807, 2.05) is 0 Å². The molecule has 0 bridgehead atoms. The Balaban J connectivity index is 2.30. The number of rotatable bonds is 2. The number of alkyl halides is 1. The first-order chi connectivity index (χ1) is 5.22. The predicted octanol–water partition coefficient (Wildman–Crippen LogP) is 2.25. The maximum atomic E-state index is 2.58. The zero-order chi connectivity index (χ0) is 8.27. The van der Waals surface area contributed by atoms with Crippen LogP contribution in [0.3, 0.4) is 0 Å². The smallest absolute Gasteiger partial charge is 0.0149 e. The standard InChI is InChI=1S/C8H16INS/c1-7-5-10(4-3-9)6-8(2)11-7/h7-8H,3-6H2,1-2H3. The lowest BCUT2D eigenvalue weighted by Crippen LogP contribution is -2.41. The van der Waals surface area contributed by atoms with Gasteiger partial charge >= 0.3 is 0 Å². The molecular weight excluding hydrogens is 269 g/mol. The summed E-state index contributed by atoms with van der Waals surface area (Å²) < 4.78 is 1.27. The summed E-state index contributed by atoms with van der Waals surface area (Å²) >= 11 is 4.58. The molecule has 1 aliphatic heterocycles. The first kappa shape index (κ1) is 10.1. The van der Waals surface area contributed by atoms with Gasteiger partial charge in [-0.1, -0.05) is 36.4 Å². The topological polar surface area (TPSA) is 3.24 Å². The second kappa shape index (κ2) is 4.92. The van der Waals surface area contributed by atoms with Crippen LogP contribution in [0, 0.1) is 0 Å². The second-order valence-corrected chi connectivity index (χ2v) is 6.17. The van der Waals surface area contributed by atoms with Crippen LogP contribution in [0.1, 0.15) is 13.8 Å². The molecule has 11 heavy (non-hydrogen) atoms. The maximum Gasteiger partial charge on any atom is 0.0149 e. The Kier molecular flexibility index (Phi) is 4.53. The molecule has 0 N–H and O–H groups in total. The fourth-order valence-corrected chi connectivity index (χ4v) is 3.66. The van der Waals surface area contributed by atoms with Crippen LogP contribution in [-0.4, -0.2) is 39.5 Å². The Morgan fingerprint density at radius 1 is 1.36 bits per heavy atom. The van der Waals surface area contributed by atoms with Crippen molar-refractivity contribution in [3.8, 4) is 0 Å². The highest BCUT2D eigenvalue weighted by atomic mass is 127. The first-order valence-electron chi connectivity index (χ1n) is 4.16. The highest BCUT2D eigenvalue weighted by Crippen LogP contribution is 2.24. The van der Waals surface area contributed by atoms with Gasteiger partial charge in [0.25, 0.3) is 0 Å². The Hall–Kier alpha value is 1.04. The van der Waals surface area contributed by atoms with Crippen LogP contribution in [0.15, 0.2) is 0 Å². The van der Waals surface area contributed by atoms with Gasteiger partial charge in [-0.3, -0.25) is 0 Å². The molecule has 0 saturated carbocycles. The average Bonchev–Trinajstić information content (AvgIpc) is 1.85. The van der Waals surface area contributed by atoms with Crippen molar-refractivity contribution in [1.29, 1.82) is 0 Å². The molecule has 0 amide bonds. The monoisotopic (exact) mass is 285 g/mol. The third-order valence-electron chi connectivity index (χ3n) is 1.90. The number of halogens is 1. The van der Waals surface area contributed by atoms with Crippen molar-refractivity contribution >= 4 is 34.4 Å². The Bertz CT molecular complexity index is 111. The molecule has 1 aliphatic rings. The predicted molar refractivity (Wildman–Crippen MR) is 61.8 cm³/mol. The van der Waals surface area contributed by atoms with Gasteiger partial charge in [-0.25, -0.2) is 0 Å². The number of nitrogens with zero attached hydrogens (tertiary/aromatic N) is 1. The van der Waals surface area contributed by atoms with Gasteiger partial charge in [-0.15, -0.1) is 0 Å². The van der Waals surface area contributed by atoms with E-state index < -0.39 is 0 Å². The molecule has 3 heteroatoms.